The Morgan fingerprint density at radius 3 is 3.00 bits per heavy atom. The standard InChI is InChI=1S/C10H11NO2S/c1-7-2-3-9-8(6-14(12)13)5-11-10(9)4-7/h2-5,11H,6H2,1H3,(H,12,13). The molecule has 2 N–H and O–H groups in total. The molecule has 0 aliphatic heterocycles. The van der Waals surface area contributed by atoms with Crippen LogP contribution in [0.2, 0.25) is 0 Å². The zero-order valence-electron chi connectivity index (χ0n) is 7.78. The fourth-order valence-electron chi connectivity index (χ4n) is 1.55. The molecule has 0 saturated carbocycles. The van der Waals surface area contributed by atoms with Gasteiger partial charge in [0.1, 0.15) is 0 Å². The predicted octanol–water partition coefficient (Wildman–Crippen LogP) is 2.20. The second-order valence-electron chi connectivity index (χ2n) is 3.33. The number of aryl methyl sites for hydroxylation is 1. The molecule has 0 radical (unpaired) electrons. The van der Waals surface area contributed by atoms with E-state index in [1.54, 1.807) is 6.20 Å². The van der Waals surface area contributed by atoms with Gasteiger partial charge in [-0.15, -0.1) is 0 Å². The maximum Gasteiger partial charge on any atom is 0.157 e. The quantitative estimate of drug-likeness (QED) is 0.745. The number of hydrogen-bond acceptors (Lipinski definition) is 1. The lowest BCUT2D eigenvalue weighted by atomic mass is 10.1. The Kier molecular flexibility index (Phi) is 2.39. The van der Waals surface area contributed by atoms with Gasteiger partial charge < -0.3 is 9.54 Å². The van der Waals surface area contributed by atoms with Crippen molar-refractivity contribution in [2.75, 3.05) is 0 Å². The van der Waals surface area contributed by atoms with Crippen molar-refractivity contribution in [3.8, 4) is 0 Å². The molecule has 4 heteroatoms. The highest BCUT2D eigenvalue weighted by molar-refractivity contribution is 7.78. The molecule has 74 valence electrons. The average Bonchev–Trinajstić information content (AvgIpc) is 2.47. The van der Waals surface area contributed by atoms with Crippen molar-refractivity contribution in [3.05, 3.63) is 35.5 Å². The van der Waals surface area contributed by atoms with Gasteiger partial charge in [-0.05, 0) is 24.1 Å². The molecule has 0 fully saturated rings. The van der Waals surface area contributed by atoms with Gasteiger partial charge in [0.05, 0.1) is 5.75 Å². The van der Waals surface area contributed by atoms with Crippen molar-refractivity contribution in [2.45, 2.75) is 12.7 Å². The smallest absolute Gasteiger partial charge is 0.157 e. The van der Waals surface area contributed by atoms with Gasteiger partial charge in [0.2, 0.25) is 0 Å². The van der Waals surface area contributed by atoms with Crippen LogP contribution in [0.3, 0.4) is 0 Å². The highest BCUT2D eigenvalue weighted by Crippen LogP contribution is 2.20. The van der Waals surface area contributed by atoms with E-state index >= 15 is 0 Å². The molecular weight excluding hydrogens is 198 g/mol. The van der Waals surface area contributed by atoms with Crippen LogP contribution in [0.15, 0.2) is 24.4 Å². The first kappa shape index (κ1) is 9.43. The van der Waals surface area contributed by atoms with Crippen molar-refractivity contribution >= 4 is 22.0 Å². The normalized spacial score (nSPS) is 13.3. The Balaban J connectivity index is 2.52. The van der Waals surface area contributed by atoms with Crippen LogP contribution >= 0.6 is 0 Å². The van der Waals surface area contributed by atoms with Crippen LogP contribution in [0.5, 0.6) is 0 Å². The molecule has 1 heterocycles. The fraction of sp³-hybridized carbons (Fsp3) is 0.200. The first-order valence-corrected chi connectivity index (χ1v) is 5.58. The van der Waals surface area contributed by atoms with E-state index in [1.165, 1.54) is 5.56 Å². The number of hydrogen-bond donors (Lipinski definition) is 2. The van der Waals surface area contributed by atoms with Gasteiger partial charge in [0.25, 0.3) is 0 Å². The van der Waals surface area contributed by atoms with E-state index in [0.717, 1.165) is 16.5 Å². The molecule has 0 amide bonds. The molecule has 0 saturated heterocycles. The van der Waals surface area contributed by atoms with Crippen molar-refractivity contribution < 1.29 is 8.76 Å². The molecule has 0 bridgehead atoms. The van der Waals surface area contributed by atoms with Crippen molar-refractivity contribution in [1.29, 1.82) is 0 Å². The van der Waals surface area contributed by atoms with Crippen LogP contribution in [-0.4, -0.2) is 13.7 Å². The molecule has 0 spiro atoms. The van der Waals surface area contributed by atoms with Gasteiger partial charge in [-0.2, -0.15) is 0 Å². The average molecular weight is 209 g/mol. The molecule has 0 aliphatic carbocycles. The summed E-state index contributed by atoms with van der Waals surface area (Å²) >= 11 is -1.78. The van der Waals surface area contributed by atoms with Gasteiger partial charge >= 0.3 is 0 Å². The zero-order valence-corrected chi connectivity index (χ0v) is 8.60. The maximum absolute atomic E-state index is 10.7. The summed E-state index contributed by atoms with van der Waals surface area (Å²) in [5.74, 6) is 0.184. The summed E-state index contributed by atoms with van der Waals surface area (Å²) in [5, 5.41) is 1.03. The van der Waals surface area contributed by atoms with E-state index in [1.807, 2.05) is 25.1 Å². The molecule has 1 aromatic carbocycles. The van der Waals surface area contributed by atoms with Crippen LogP contribution in [-0.2, 0) is 16.8 Å². The van der Waals surface area contributed by atoms with E-state index in [0.29, 0.717) is 0 Å². The van der Waals surface area contributed by atoms with Crippen LogP contribution in [0.1, 0.15) is 11.1 Å². The predicted molar refractivity (Wildman–Crippen MR) is 57.5 cm³/mol. The number of benzene rings is 1. The topological polar surface area (TPSA) is 53.1 Å². The van der Waals surface area contributed by atoms with Crippen molar-refractivity contribution in [3.63, 3.8) is 0 Å². The monoisotopic (exact) mass is 209 g/mol. The third-order valence-corrected chi connectivity index (χ3v) is 2.76. The summed E-state index contributed by atoms with van der Waals surface area (Å²) in [4.78, 5) is 3.09. The summed E-state index contributed by atoms with van der Waals surface area (Å²) in [6.45, 7) is 2.02. The fourth-order valence-corrected chi connectivity index (χ4v) is 2.06. The van der Waals surface area contributed by atoms with Gasteiger partial charge in [-0.3, -0.25) is 0 Å². The maximum atomic E-state index is 10.7. The van der Waals surface area contributed by atoms with Crippen LogP contribution in [0.25, 0.3) is 10.9 Å². The first-order valence-electron chi connectivity index (χ1n) is 4.31. The number of aromatic amines is 1. The highest BCUT2D eigenvalue weighted by Gasteiger charge is 2.05. The molecule has 3 nitrogen and oxygen atoms in total. The Bertz CT molecular complexity index is 490. The lowest BCUT2D eigenvalue weighted by Gasteiger charge is -1.96. The summed E-state index contributed by atoms with van der Waals surface area (Å²) in [6, 6.07) is 6.00. The summed E-state index contributed by atoms with van der Waals surface area (Å²) in [7, 11) is 0. The van der Waals surface area contributed by atoms with E-state index in [9.17, 15) is 4.21 Å². The molecular formula is C10H11NO2S. The largest absolute Gasteiger partial charge is 0.361 e. The minimum atomic E-state index is -1.78. The first-order chi connectivity index (χ1) is 6.66. The zero-order chi connectivity index (χ0) is 10.1. The number of H-pyrrole nitrogens is 1. The molecule has 2 rings (SSSR count). The molecule has 14 heavy (non-hydrogen) atoms. The molecule has 1 aromatic heterocycles. The summed E-state index contributed by atoms with van der Waals surface area (Å²) in [6.07, 6.45) is 1.79. The molecule has 2 aromatic rings. The van der Waals surface area contributed by atoms with Gasteiger partial charge in [0, 0.05) is 17.1 Å². The van der Waals surface area contributed by atoms with E-state index in [-0.39, 0.29) is 5.75 Å². The van der Waals surface area contributed by atoms with Crippen molar-refractivity contribution in [2.24, 2.45) is 0 Å². The second-order valence-corrected chi connectivity index (χ2v) is 4.26. The Labute approximate surface area is 84.4 Å². The number of rotatable bonds is 2. The molecule has 0 aliphatic rings. The lowest BCUT2D eigenvalue weighted by Crippen LogP contribution is -1.90. The Morgan fingerprint density at radius 1 is 1.50 bits per heavy atom. The van der Waals surface area contributed by atoms with Crippen molar-refractivity contribution in [1.82, 2.24) is 4.98 Å². The Morgan fingerprint density at radius 2 is 2.29 bits per heavy atom. The Hall–Kier alpha value is -1.13. The van der Waals surface area contributed by atoms with Gasteiger partial charge in [0.15, 0.2) is 11.1 Å². The SMILES string of the molecule is Cc1ccc2c(CS(=O)O)c[nH]c2c1. The summed E-state index contributed by atoms with van der Waals surface area (Å²) < 4.78 is 19.5. The summed E-state index contributed by atoms with van der Waals surface area (Å²) in [5.41, 5.74) is 3.09. The van der Waals surface area contributed by atoms with Gasteiger partial charge in [-0.25, -0.2) is 4.21 Å². The van der Waals surface area contributed by atoms with Crippen LogP contribution in [0, 0.1) is 6.92 Å². The van der Waals surface area contributed by atoms with Crippen LogP contribution in [0.4, 0.5) is 0 Å². The van der Waals surface area contributed by atoms with Crippen LogP contribution < -0.4 is 0 Å². The van der Waals surface area contributed by atoms with E-state index in [2.05, 4.69) is 4.98 Å². The molecule has 1 atom stereocenters. The van der Waals surface area contributed by atoms with E-state index < -0.39 is 11.1 Å². The number of fused-ring (bicyclic) bond motifs is 1. The number of aromatic nitrogens is 1. The van der Waals surface area contributed by atoms with E-state index in [4.69, 9.17) is 4.55 Å². The number of nitrogens with one attached hydrogen (secondary N) is 1. The van der Waals surface area contributed by atoms with Gasteiger partial charge in [-0.1, -0.05) is 12.1 Å². The third kappa shape index (κ3) is 1.71. The minimum Gasteiger partial charge on any atom is -0.361 e. The lowest BCUT2D eigenvalue weighted by molar-refractivity contribution is 0.563. The third-order valence-electron chi connectivity index (χ3n) is 2.20. The highest BCUT2D eigenvalue weighted by atomic mass is 32.2. The minimum absolute atomic E-state index is 0.184. The molecule has 1 unspecified atom stereocenters. The second kappa shape index (κ2) is 3.55.